The van der Waals surface area contributed by atoms with Gasteiger partial charge in [0.1, 0.15) is 19.3 Å². The third-order valence-electron chi connectivity index (χ3n) is 11.6. The molecule has 2 unspecified atom stereocenters. The van der Waals surface area contributed by atoms with Gasteiger partial charge < -0.3 is 27.9 Å². The lowest BCUT2D eigenvalue weighted by molar-refractivity contribution is -0.870. The summed E-state index contributed by atoms with van der Waals surface area (Å²) < 4.78 is 34.8. The fraction of sp³-hybridized carbons (Fsp3) is 0.836. The highest BCUT2D eigenvalue weighted by molar-refractivity contribution is 7.45. The number of allylic oxidation sites excluding steroid dienone is 8. The SMILES string of the molecule is CC/C=C\C/C=C\C/C=C\C/C=C\CCCCCCCCCCCCC(=O)OC(COCCCCCCCCCCCCCCCCCCCCC)COP(=O)([O-])OCC[N+](C)(C)C. The van der Waals surface area contributed by atoms with E-state index in [1.807, 2.05) is 21.1 Å². The van der Waals surface area contributed by atoms with E-state index < -0.39 is 13.9 Å². The largest absolute Gasteiger partial charge is 0.756 e. The average Bonchev–Trinajstić information content (AvgIpc) is 3.25. The zero-order chi connectivity index (χ0) is 46.9. The van der Waals surface area contributed by atoms with Crippen molar-refractivity contribution in [1.82, 2.24) is 0 Å². The van der Waals surface area contributed by atoms with Gasteiger partial charge in [-0.25, -0.2) is 0 Å². The molecule has 0 fully saturated rings. The molecular formula is C55H104NO7P. The molecule has 8 nitrogen and oxygen atoms in total. The van der Waals surface area contributed by atoms with Gasteiger partial charge in [0, 0.05) is 13.0 Å². The first-order valence-electron chi connectivity index (χ1n) is 26.9. The van der Waals surface area contributed by atoms with Crippen molar-refractivity contribution in [3.05, 3.63) is 48.6 Å². The lowest BCUT2D eigenvalue weighted by Gasteiger charge is -2.28. The van der Waals surface area contributed by atoms with Crippen LogP contribution >= 0.6 is 7.82 Å². The topological polar surface area (TPSA) is 94.1 Å². The van der Waals surface area contributed by atoms with Crippen LogP contribution in [0.3, 0.4) is 0 Å². The van der Waals surface area contributed by atoms with Gasteiger partial charge in [0.25, 0.3) is 7.82 Å². The number of esters is 1. The molecule has 0 saturated carbocycles. The highest BCUT2D eigenvalue weighted by atomic mass is 31.2. The Morgan fingerprint density at radius 3 is 1.36 bits per heavy atom. The first kappa shape index (κ1) is 62.5. The Balaban J connectivity index is 4.11. The van der Waals surface area contributed by atoms with Gasteiger partial charge in [0.15, 0.2) is 0 Å². The number of carbonyl (C=O) groups is 1. The molecule has 0 aliphatic heterocycles. The number of nitrogens with zero attached hydrogens (tertiary/aromatic N) is 1. The summed E-state index contributed by atoms with van der Waals surface area (Å²) in [6, 6.07) is 0. The standard InChI is InChI=1S/C55H104NO7P/c1-6-8-10-12-14-16-18-20-22-24-26-27-28-29-30-32-34-36-38-40-42-44-46-48-55(57)63-54(53-62-64(58,59)61-51-49-56(3,4)5)52-60-50-47-45-43-41-39-37-35-33-31-25-23-21-19-17-15-13-11-9-7-2/h8,10,14,16,20,22,26-27,54H,6-7,9,11-13,15,17-19,21,23-25,28-53H2,1-5H3/b10-8-,16-14-,22-20-,27-26-. The first-order chi connectivity index (χ1) is 31.1. The predicted octanol–water partition coefficient (Wildman–Crippen LogP) is 16.0. The molecule has 0 amide bonds. The molecule has 376 valence electrons. The molecule has 0 heterocycles. The summed E-state index contributed by atoms with van der Waals surface area (Å²) >= 11 is 0. The van der Waals surface area contributed by atoms with Crippen LogP contribution in [0.25, 0.3) is 0 Å². The smallest absolute Gasteiger partial charge is 0.306 e. The van der Waals surface area contributed by atoms with Crippen molar-refractivity contribution in [3.63, 3.8) is 0 Å². The number of phosphoric acid groups is 1. The van der Waals surface area contributed by atoms with E-state index in [0.29, 0.717) is 24.1 Å². The van der Waals surface area contributed by atoms with Crippen LogP contribution in [-0.4, -0.2) is 70.7 Å². The van der Waals surface area contributed by atoms with E-state index in [9.17, 15) is 14.3 Å². The van der Waals surface area contributed by atoms with Gasteiger partial charge in [-0.3, -0.25) is 9.36 Å². The van der Waals surface area contributed by atoms with Crippen LogP contribution in [0.5, 0.6) is 0 Å². The number of phosphoric ester groups is 1. The van der Waals surface area contributed by atoms with Gasteiger partial charge in [-0.15, -0.1) is 0 Å². The number of rotatable bonds is 50. The first-order valence-corrected chi connectivity index (χ1v) is 28.3. The van der Waals surface area contributed by atoms with E-state index in [2.05, 4.69) is 62.5 Å². The van der Waals surface area contributed by atoms with Crippen LogP contribution in [-0.2, 0) is 27.9 Å². The fourth-order valence-corrected chi connectivity index (χ4v) is 8.27. The van der Waals surface area contributed by atoms with Crippen molar-refractivity contribution < 1.29 is 37.3 Å². The number of hydrogen-bond acceptors (Lipinski definition) is 7. The van der Waals surface area contributed by atoms with Crippen LogP contribution in [0.1, 0.15) is 239 Å². The number of carbonyl (C=O) groups excluding carboxylic acids is 1. The van der Waals surface area contributed by atoms with Gasteiger partial charge in [0.05, 0.1) is 34.4 Å². The molecule has 0 aliphatic carbocycles. The summed E-state index contributed by atoms with van der Waals surface area (Å²) in [5.41, 5.74) is 0. The van der Waals surface area contributed by atoms with Crippen LogP contribution in [0.2, 0.25) is 0 Å². The van der Waals surface area contributed by atoms with Gasteiger partial charge in [-0.2, -0.15) is 0 Å². The second-order valence-electron chi connectivity index (χ2n) is 19.2. The molecule has 0 aromatic heterocycles. The summed E-state index contributed by atoms with van der Waals surface area (Å²) in [5.74, 6) is -0.336. The highest BCUT2D eigenvalue weighted by Gasteiger charge is 2.20. The molecule has 0 aromatic carbocycles. The zero-order valence-corrected chi connectivity index (χ0v) is 43.6. The quantitative estimate of drug-likeness (QED) is 0.0197. The summed E-state index contributed by atoms with van der Waals surface area (Å²) in [7, 11) is 1.36. The van der Waals surface area contributed by atoms with E-state index in [4.69, 9.17) is 18.5 Å². The number of likely N-dealkylation sites (N-methyl/N-ethyl adjacent to an activating group) is 1. The Hall–Kier alpha value is -1.54. The zero-order valence-electron chi connectivity index (χ0n) is 42.7. The fourth-order valence-electron chi connectivity index (χ4n) is 7.54. The van der Waals surface area contributed by atoms with Gasteiger partial charge in [0.2, 0.25) is 0 Å². The van der Waals surface area contributed by atoms with E-state index in [1.54, 1.807) is 0 Å². The van der Waals surface area contributed by atoms with Crippen molar-refractivity contribution >= 4 is 13.8 Å². The van der Waals surface area contributed by atoms with E-state index >= 15 is 0 Å². The van der Waals surface area contributed by atoms with E-state index in [1.165, 1.54) is 161 Å². The Morgan fingerprint density at radius 2 is 0.906 bits per heavy atom. The molecule has 0 saturated heterocycles. The Morgan fingerprint density at radius 1 is 0.500 bits per heavy atom. The summed E-state index contributed by atoms with van der Waals surface area (Å²) in [4.78, 5) is 25.2. The Labute approximate surface area is 397 Å². The molecule has 9 heteroatoms. The second kappa shape index (κ2) is 47.9. The molecular weight excluding hydrogens is 818 g/mol. The molecule has 0 radical (unpaired) electrons. The van der Waals surface area contributed by atoms with Crippen LogP contribution in [0.15, 0.2) is 48.6 Å². The van der Waals surface area contributed by atoms with Crippen molar-refractivity contribution in [2.45, 2.75) is 245 Å². The lowest BCUT2D eigenvalue weighted by Crippen LogP contribution is -2.37. The highest BCUT2D eigenvalue weighted by Crippen LogP contribution is 2.38. The number of ether oxygens (including phenoxy) is 2. The number of quaternary nitrogens is 1. The molecule has 2 atom stereocenters. The van der Waals surface area contributed by atoms with Gasteiger partial charge in [-0.1, -0.05) is 229 Å². The minimum Gasteiger partial charge on any atom is -0.756 e. The maximum atomic E-state index is 12.8. The minimum absolute atomic E-state index is 0.0257. The molecule has 0 aromatic rings. The van der Waals surface area contributed by atoms with Gasteiger partial charge in [-0.05, 0) is 51.4 Å². The number of unbranched alkanes of at least 4 members (excludes halogenated alkanes) is 28. The maximum Gasteiger partial charge on any atom is 0.306 e. The van der Waals surface area contributed by atoms with E-state index in [-0.39, 0.29) is 25.8 Å². The molecule has 64 heavy (non-hydrogen) atoms. The third-order valence-corrected chi connectivity index (χ3v) is 12.6. The maximum absolute atomic E-state index is 12.8. The van der Waals surface area contributed by atoms with Crippen LogP contribution in [0.4, 0.5) is 0 Å². The second-order valence-corrected chi connectivity index (χ2v) is 20.6. The van der Waals surface area contributed by atoms with Crippen molar-refractivity contribution in [2.75, 3.05) is 54.1 Å². The van der Waals surface area contributed by atoms with Gasteiger partial charge >= 0.3 is 5.97 Å². The lowest BCUT2D eigenvalue weighted by atomic mass is 10.0. The summed E-state index contributed by atoms with van der Waals surface area (Å²) in [6.45, 7) is 5.34. The molecule has 0 rings (SSSR count). The molecule has 0 aliphatic rings. The third kappa shape index (κ3) is 51.4. The van der Waals surface area contributed by atoms with Crippen molar-refractivity contribution in [3.8, 4) is 0 Å². The van der Waals surface area contributed by atoms with Crippen molar-refractivity contribution in [1.29, 1.82) is 0 Å². The summed E-state index contributed by atoms with van der Waals surface area (Å²) in [6.07, 6.45) is 59.9. The van der Waals surface area contributed by atoms with Crippen LogP contribution < -0.4 is 4.89 Å². The summed E-state index contributed by atoms with van der Waals surface area (Å²) in [5, 5.41) is 0. The molecule has 0 N–H and O–H groups in total. The normalized spacial score (nSPS) is 13.9. The van der Waals surface area contributed by atoms with E-state index in [0.717, 1.165) is 57.8 Å². The predicted molar refractivity (Wildman–Crippen MR) is 273 cm³/mol. The molecule has 0 bridgehead atoms. The minimum atomic E-state index is -4.53. The van der Waals surface area contributed by atoms with Crippen LogP contribution in [0, 0.1) is 0 Å². The molecule has 0 spiro atoms. The number of hydrogen-bond donors (Lipinski definition) is 0. The van der Waals surface area contributed by atoms with Crippen molar-refractivity contribution in [2.24, 2.45) is 0 Å². The Kier molecular flexibility index (Phi) is 46.8. The average molecular weight is 922 g/mol. The monoisotopic (exact) mass is 922 g/mol. The Bertz CT molecular complexity index is 1160.